The lowest BCUT2D eigenvalue weighted by Crippen LogP contribution is -2.42. The molecule has 1 atom stereocenters. The van der Waals surface area contributed by atoms with Gasteiger partial charge in [0, 0.05) is 22.9 Å². The van der Waals surface area contributed by atoms with Crippen LogP contribution in [0.3, 0.4) is 0 Å². The highest BCUT2D eigenvalue weighted by Gasteiger charge is 2.21. The summed E-state index contributed by atoms with van der Waals surface area (Å²) >= 11 is 12.3. The Morgan fingerprint density at radius 3 is 2.52 bits per heavy atom. The highest BCUT2D eigenvalue weighted by molar-refractivity contribution is 6.36. The van der Waals surface area contributed by atoms with E-state index in [4.69, 9.17) is 27.9 Å². The smallest absolute Gasteiger partial charge is 0.407 e. The molecule has 0 saturated heterocycles. The SMILES string of the molecule is CCC(NC(=O)OCCc1ccc(F)cc1)C(=O)Cn1nnc(Cc2c(Cl)cccc2Cl)n1. The molecule has 0 spiro atoms. The molecule has 33 heavy (non-hydrogen) atoms. The van der Waals surface area contributed by atoms with Gasteiger partial charge in [0.25, 0.3) is 0 Å². The first-order valence-corrected chi connectivity index (χ1v) is 11.0. The molecule has 2 aromatic carbocycles. The Kier molecular flexibility index (Phi) is 8.73. The Hall–Kier alpha value is -3.04. The second kappa shape index (κ2) is 11.7. The summed E-state index contributed by atoms with van der Waals surface area (Å²) in [4.78, 5) is 25.8. The number of halogens is 3. The van der Waals surface area contributed by atoms with Gasteiger partial charge in [-0.05, 0) is 47.0 Å². The molecule has 11 heteroatoms. The molecule has 8 nitrogen and oxygen atoms in total. The van der Waals surface area contributed by atoms with Crippen LogP contribution in [0.5, 0.6) is 0 Å². The van der Waals surface area contributed by atoms with Crippen molar-refractivity contribution >= 4 is 35.1 Å². The van der Waals surface area contributed by atoms with Crippen molar-refractivity contribution in [1.82, 2.24) is 25.5 Å². The molecule has 0 radical (unpaired) electrons. The number of alkyl carbamates (subject to hydrolysis) is 1. The summed E-state index contributed by atoms with van der Waals surface area (Å²) in [6, 6.07) is 10.3. The van der Waals surface area contributed by atoms with Gasteiger partial charge in [0.15, 0.2) is 11.6 Å². The van der Waals surface area contributed by atoms with Crippen LogP contribution in [0.1, 0.15) is 30.3 Å². The van der Waals surface area contributed by atoms with Crippen LogP contribution in [0.15, 0.2) is 42.5 Å². The maximum atomic E-state index is 12.9. The molecule has 1 unspecified atom stereocenters. The summed E-state index contributed by atoms with van der Waals surface area (Å²) in [5.41, 5.74) is 1.50. The van der Waals surface area contributed by atoms with Crippen LogP contribution in [-0.4, -0.2) is 44.7 Å². The third-order valence-electron chi connectivity index (χ3n) is 4.81. The Morgan fingerprint density at radius 2 is 1.85 bits per heavy atom. The van der Waals surface area contributed by atoms with Gasteiger partial charge >= 0.3 is 6.09 Å². The Labute approximate surface area is 200 Å². The zero-order valence-corrected chi connectivity index (χ0v) is 19.3. The molecule has 1 amide bonds. The van der Waals surface area contributed by atoms with E-state index in [1.807, 2.05) is 0 Å². The summed E-state index contributed by atoms with van der Waals surface area (Å²) in [5, 5.41) is 15.6. The number of nitrogens with one attached hydrogen (secondary N) is 1. The van der Waals surface area contributed by atoms with Crippen LogP contribution in [0, 0.1) is 5.82 Å². The van der Waals surface area contributed by atoms with E-state index in [1.54, 1.807) is 37.3 Å². The van der Waals surface area contributed by atoms with Crippen LogP contribution in [0.25, 0.3) is 0 Å². The van der Waals surface area contributed by atoms with Crippen molar-refractivity contribution in [2.24, 2.45) is 0 Å². The number of rotatable bonds is 10. The number of hydrogen-bond acceptors (Lipinski definition) is 6. The van der Waals surface area contributed by atoms with E-state index in [1.165, 1.54) is 12.1 Å². The van der Waals surface area contributed by atoms with Crippen molar-refractivity contribution in [3.8, 4) is 0 Å². The lowest BCUT2D eigenvalue weighted by molar-refractivity contribution is -0.122. The van der Waals surface area contributed by atoms with Gasteiger partial charge in [0.2, 0.25) is 0 Å². The summed E-state index contributed by atoms with van der Waals surface area (Å²) in [6.45, 7) is 1.69. The zero-order valence-electron chi connectivity index (χ0n) is 17.8. The third kappa shape index (κ3) is 7.23. The molecule has 0 aliphatic carbocycles. The Balaban J connectivity index is 1.49. The molecule has 0 aliphatic rings. The fourth-order valence-electron chi connectivity index (χ4n) is 3.03. The number of ether oxygens (including phenoxy) is 1. The number of tetrazole rings is 1. The monoisotopic (exact) mass is 493 g/mol. The van der Waals surface area contributed by atoms with Crippen LogP contribution in [-0.2, 0) is 28.9 Å². The summed E-state index contributed by atoms with van der Waals surface area (Å²) in [6.07, 6.45) is 0.350. The largest absolute Gasteiger partial charge is 0.449 e. The molecule has 0 fully saturated rings. The highest BCUT2D eigenvalue weighted by atomic mass is 35.5. The average molecular weight is 494 g/mol. The minimum Gasteiger partial charge on any atom is -0.449 e. The molecule has 0 saturated carbocycles. The predicted octanol–water partition coefficient (Wildman–Crippen LogP) is 4.03. The Morgan fingerprint density at radius 1 is 1.15 bits per heavy atom. The van der Waals surface area contributed by atoms with Crippen LogP contribution in [0.2, 0.25) is 10.0 Å². The molecule has 1 aromatic heterocycles. The number of carbonyl (C=O) groups excluding carboxylic acids is 2. The van der Waals surface area contributed by atoms with Gasteiger partial charge in [0.1, 0.15) is 12.4 Å². The first kappa shape index (κ1) is 24.6. The standard InChI is InChI=1S/C22H22Cl2FN5O3/c1-2-19(26-22(32)33-11-10-14-6-8-15(25)9-7-14)20(31)13-30-28-21(27-29-30)12-16-17(23)4-3-5-18(16)24/h3-9,19H,2,10-13H2,1H3,(H,26,32). The zero-order chi connectivity index (χ0) is 23.8. The number of hydrogen-bond donors (Lipinski definition) is 1. The van der Waals surface area contributed by atoms with Gasteiger partial charge in [-0.25, -0.2) is 9.18 Å². The number of Topliss-reactive ketones (excluding diaryl/α,β-unsaturated/α-hetero) is 1. The normalized spacial score (nSPS) is 11.8. The average Bonchev–Trinajstić information content (AvgIpc) is 3.23. The lowest BCUT2D eigenvalue weighted by atomic mass is 10.1. The van der Waals surface area contributed by atoms with Crippen LogP contribution >= 0.6 is 23.2 Å². The number of ketones is 1. The first-order chi connectivity index (χ1) is 15.9. The second-order valence-electron chi connectivity index (χ2n) is 7.20. The molecule has 3 rings (SSSR count). The fraction of sp³-hybridized carbons (Fsp3) is 0.318. The van der Waals surface area contributed by atoms with Crippen LogP contribution in [0.4, 0.5) is 9.18 Å². The maximum Gasteiger partial charge on any atom is 0.407 e. The quantitative estimate of drug-likeness (QED) is 0.457. The van der Waals surface area contributed by atoms with Crippen molar-refractivity contribution in [3.63, 3.8) is 0 Å². The summed E-state index contributed by atoms with van der Waals surface area (Å²) in [7, 11) is 0. The van der Waals surface area contributed by atoms with E-state index in [0.717, 1.165) is 10.4 Å². The maximum absolute atomic E-state index is 12.9. The minimum absolute atomic E-state index is 0.0979. The predicted molar refractivity (Wildman–Crippen MR) is 121 cm³/mol. The van der Waals surface area contributed by atoms with Gasteiger partial charge in [-0.15, -0.1) is 10.2 Å². The minimum atomic E-state index is -0.768. The van der Waals surface area contributed by atoms with Gasteiger partial charge in [-0.3, -0.25) is 4.79 Å². The van der Waals surface area contributed by atoms with Crippen molar-refractivity contribution in [2.75, 3.05) is 6.61 Å². The second-order valence-corrected chi connectivity index (χ2v) is 8.01. The molecular formula is C22H22Cl2FN5O3. The molecule has 3 aromatic rings. The van der Waals surface area contributed by atoms with Crippen molar-refractivity contribution in [3.05, 3.63) is 75.3 Å². The van der Waals surface area contributed by atoms with Crippen LogP contribution < -0.4 is 5.32 Å². The van der Waals surface area contributed by atoms with Gasteiger partial charge in [-0.2, -0.15) is 4.80 Å². The summed E-state index contributed by atoms with van der Waals surface area (Å²) < 4.78 is 18.1. The number of amides is 1. The molecular weight excluding hydrogens is 472 g/mol. The van der Waals surface area contributed by atoms with E-state index < -0.39 is 12.1 Å². The molecule has 174 valence electrons. The van der Waals surface area contributed by atoms with Gasteiger partial charge < -0.3 is 10.1 Å². The number of benzene rings is 2. The third-order valence-corrected chi connectivity index (χ3v) is 5.52. The fourth-order valence-corrected chi connectivity index (χ4v) is 3.56. The van der Waals surface area contributed by atoms with E-state index in [9.17, 15) is 14.0 Å². The van der Waals surface area contributed by atoms with E-state index >= 15 is 0 Å². The summed E-state index contributed by atoms with van der Waals surface area (Å²) in [5.74, 6) is -0.268. The van der Waals surface area contributed by atoms with Gasteiger partial charge in [0.05, 0.1) is 12.6 Å². The van der Waals surface area contributed by atoms with E-state index in [-0.39, 0.29) is 31.2 Å². The molecule has 1 N–H and O–H groups in total. The lowest BCUT2D eigenvalue weighted by Gasteiger charge is -2.15. The van der Waals surface area contributed by atoms with E-state index in [0.29, 0.717) is 34.3 Å². The highest BCUT2D eigenvalue weighted by Crippen LogP contribution is 2.25. The van der Waals surface area contributed by atoms with Gasteiger partial charge in [-0.1, -0.05) is 48.3 Å². The molecule has 0 aliphatic heterocycles. The number of carbonyl (C=O) groups is 2. The Bertz CT molecular complexity index is 1090. The molecule has 1 heterocycles. The van der Waals surface area contributed by atoms with Crippen molar-refractivity contribution in [2.45, 2.75) is 38.8 Å². The molecule has 0 bridgehead atoms. The van der Waals surface area contributed by atoms with Crippen molar-refractivity contribution < 1.29 is 18.7 Å². The number of nitrogens with zero attached hydrogens (tertiary/aromatic N) is 4. The first-order valence-electron chi connectivity index (χ1n) is 10.3. The van der Waals surface area contributed by atoms with E-state index in [2.05, 4.69) is 20.7 Å². The number of aromatic nitrogens is 4. The topological polar surface area (TPSA) is 99.0 Å². The van der Waals surface area contributed by atoms with Crippen molar-refractivity contribution in [1.29, 1.82) is 0 Å².